The number of para-hydroxylation sites is 1. The van der Waals surface area contributed by atoms with E-state index in [1.807, 2.05) is 24.3 Å². The summed E-state index contributed by atoms with van der Waals surface area (Å²) in [6, 6.07) is 11.8. The monoisotopic (exact) mass is 644 g/mol. The summed E-state index contributed by atoms with van der Waals surface area (Å²) >= 11 is 0. The van der Waals surface area contributed by atoms with Crippen LogP contribution in [0.15, 0.2) is 78.3 Å². The van der Waals surface area contributed by atoms with Crippen molar-refractivity contribution in [1.82, 2.24) is 30.9 Å². The number of carbonyl (C=O) groups is 4. The van der Waals surface area contributed by atoms with E-state index in [0.717, 1.165) is 16.5 Å². The first-order valence-corrected chi connectivity index (χ1v) is 15.1. The van der Waals surface area contributed by atoms with Crippen molar-refractivity contribution in [3.8, 4) is 0 Å². The minimum Gasteiger partial charge on any atom is -0.480 e. The molecule has 15 heteroatoms. The lowest BCUT2D eigenvalue weighted by atomic mass is 10.0. The molecule has 0 aliphatic carbocycles. The van der Waals surface area contributed by atoms with Gasteiger partial charge in [0.1, 0.15) is 18.1 Å². The summed E-state index contributed by atoms with van der Waals surface area (Å²) in [5.74, 6) is -3.25. The predicted octanol–water partition coefficient (Wildman–Crippen LogP) is -0.161. The van der Waals surface area contributed by atoms with E-state index in [2.05, 4.69) is 35.9 Å². The highest BCUT2D eigenvalue weighted by Gasteiger charge is 2.31. The Morgan fingerprint density at radius 3 is 2.17 bits per heavy atom. The van der Waals surface area contributed by atoms with Crippen LogP contribution < -0.4 is 33.2 Å². The molecular weight excluding hydrogens is 604 g/mol. The van der Waals surface area contributed by atoms with Gasteiger partial charge in [-0.3, -0.25) is 19.4 Å². The number of imidazole rings is 1. The highest BCUT2D eigenvalue weighted by atomic mass is 16.4. The Bertz CT molecular complexity index is 1670. The number of hydrogen-bond donors (Lipinski definition) is 9. The van der Waals surface area contributed by atoms with Gasteiger partial charge in [-0.25, -0.2) is 9.78 Å². The lowest BCUT2D eigenvalue weighted by Gasteiger charge is -2.25. The van der Waals surface area contributed by atoms with E-state index in [0.29, 0.717) is 17.7 Å². The largest absolute Gasteiger partial charge is 0.480 e. The number of aromatic nitrogens is 3. The predicted molar refractivity (Wildman–Crippen MR) is 176 cm³/mol. The van der Waals surface area contributed by atoms with Gasteiger partial charge in [0.2, 0.25) is 17.7 Å². The second-order valence-corrected chi connectivity index (χ2v) is 11.1. The number of guanidine groups is 1. The van der Waals surface area contributed by atoms with E-state index in [1.165, 1.54) is 12.5 Å². The quantitative estimate of drug-likeness (QED) is 0.0419. The second kappa shape index (κ2) is 16.6. The van der Waals surface area contributed by atoms with Crippen LogP contribution in [-0.2, 0) is 38.4 Å². The number of carbonyl (C=O) groups excluding carboxylic acids is 3. The smallest absolute Gasteiger partial charge is 0.326 e. The zero-order chi connectivity index (χ0) is 33.8. The lowest BCUT2D eigenvalue weighted by Crippen LogP contribution is -2.58. The Labute approximate surface area is 270 Å². The molecule has 0 bridgehead atoms. The Balaban J connectivity index is 1.54. The van der Waals surface area contributed by atoms with Gasteiger partial charge < -0.3 is 48.2 Å². The number of nitrogens with zero attached hydrogens (tertiary/aromatic N) is 2. The fourth-order valence-electron chi connectivity index (χ4n) is 5.08. The standard InChI is InChI=1S/C32H40N10O5/c33-23(10-6-12-37-32(34)35)28(43)40-25(14-20-16-38-24-11-5-4-9-22(20)24)29(44)41-26(15-21-17-36-18-39-21)30(45)42-27(31(46)47)13-19-7-2-1-3-8-19/h1-5,7-9,11,16-18,23,25-27,38H,6,10,12-15,33H2,(H,36,39)(H,40,43)(H,41,44)(H,42,45)(H,46,47)(H4,34,35,37). The molecule has 3 amide bonds. The van der Waals surface area contributed by atoms with Crippen LogP contribution in [0.2, 0.25) is 0 Å². The molecule has 0 spiro atoms. The number of nitrogens with one attached hydrogen (secondary N) is 5. The maximum absolute atomic E-state index is 13.9. The summed E-state index contributed by atoms with van der Waals surface area (Å²) in [5.41, 5.74) is 19.7. The molecule has 2 aromatic heterocycles. The first-order valence-electron chi connectivity index (χ1n) is 15.1. The van der Waals surface area contributed by atoms with Crippen LogP contribution in [-0.4, -0.2) is 80.4 Å². The number of rotatable bonds is 17. The van der Waals surface area contributed by atoms with Crippen molar-refractivity contribution in [3.05, 3.63) is 90.1 Å². The Kier molecular flexibility index (Phi) is 12.0. The molecule has 2 heterocycles. The minimum absolute atomic E-state index is 0.0205. The Morgan fingerprint density at radius 2 is 1.49 bits per heavy atom. The van der Waals surface area contributed by atoms with Crippen molar-refractivity contribution in [1.29, 1.82) is 0 Å². The van der Waals surface area contributed by atoms with Crippen molar-refractivity contribution < 1.29 is 24.3 Å². The van der Waals surface area contributed by atoms with E-state index >= 15 is 0 Å². The first kappa shape index (κ1) is 34.2. The van der Waals surface area contributed by atoms with Crippen LogP contribution >= 0.6 is 0 Å². The lowest BCUT2D eigenvalue weighted by molar-refractivity contribution is -0.142. The van der Waals surface area contributed by atoms with Crippen LogP contribution in [0.5, 0.6) is 0 Å². The van der Waals surface area contributed by atoms with E-state index in [1.54, 1.807) is 36.5 Å². The van der Waals surface area contributed by atoms with Crippen molar-refractivity contribution in [2.75, 3.05) is 6.54 Å². The molecule has 0 saturated heterocycles. The molecule has 47 heavy (non-hydrogen) atoms. The minimum atomic E-state index is -1.26. The van der Waals surface area contributed by atoms with Gasteiger partial charge in [0, 0.05) is 54.8 Å². The number of H-pyrrole nitrogens is 2. The maximum Gasteiger partial charge on any atom is 0.326 e. The van der Waals surface area contributed by atoms with E-state index in [-0.39, 0.29) is 38.2 Å². The zero-order valence-corrected chi connectivity index (χ0v) is 25.7. The topological polar surface area (TPSA) is 259 Å². The van der Waals surface area contributed by atoms with Crippen molar-refractivity contribution in [2.24, 2.45) is 22.2 Å². The molecule has 4 rings (SSSR count). The molecule has 2 aromatic carbocycles. The highest BCUT2D eigenvalue weighted by Crippen LogP contribution is 2.19. The number of aliphatic carboxylic acids is 1. The van der Waals surface area contributed by atoms with Crippen LogP contribution in [0.3, 0.4) is 0 Å². The van der Waals surface area contributed by atoms with Gasteiger partial charge in [-0.2, -0.15) is 0 Å². The third-order valence-electron chi connectivity index (χ3n) is 7.55. The van der Waals surface area contributed by atoms with Gasteiger partial charge in [-0.1, -0.05) is 48.5 Å². The van der Waals surface area contributed by atoms with Crippen molar-refractivity contribution >= 4 is 40.6 Å². The number of aliphatic imine (C=N–C) groups is 1. The summed E-state index contributed by atoms with van der Waals surface area (Å²) in [5, 5.41) is 18.8. The first-order chi connectivity index (χ1) is 22.6. The Hall–Kier alpha value is -5.70. The summed E-state index contributed by atoms with van der Waals surface area (Å²) in [6.45, 7) is 0.286. The molecular formula is C32H40N10O5. The fourth-order valence-corrected chi connectivity index (χ4v) is 5.08. The molecule has 0 fully saturated rings. The van der Waals surface area contributed by atoms with Gasteiger partial charge in [-0.05, 0) is 30.0 Å². The van der Waals surface area contributed by atoms with Gasteiger partial charge in [0.15, 0.2) is 5.96 Å². The summed E-state index contributed by atoms with van der Waals surface area (Å²) in [4.78, 5) is 66.7. The SMILES string of the molecule is NC(N)=NCCCC(N)C(=O)NC(Cc1c[nH]c2ccccc12)C(=O)NC(Cc1cnc[nH]1)C(=O)NC(Cc1ccccc1)C(=O)O. The number of carboxylic acids is 1. The summed E-state index contributed by atoms with van der Waals surface area (Å²) < 4.78 is 0. The number of benzene rings is 2. The number of carboxylic acid groups (broad SMARTS) is 1. The summed E-state index contributed by atoms with van der Waals surface area (Å²) in [7, 11) is 0. The molecule has 248 valence electrons. The van der Waals surface area contributed by atoms with Crippen molar-refractivity contribution in [3.63, 3.8) is 0 Å². The van der Waals surface area contributed by atoms with E-state index in [4.69, 9.17) is 17.2 Å². The van der Waals surface area contributed by atoms with Crippen LogP contribution in [0.25, 0.3) is 10.9 Å². The van der Waals surface area contributed by atoms with E-state index in [9.17, 15) is 24.3 Å². The van der Waals surface area contributed by atoms with Crippen LogP contribution in [0.1, 0.15) is 29.7 Å². The molecule has 0 aliphatic heterocycles. The van der Waals surface area contributed by atoms with Gasteiger partial charge in [0.05, 0.1) is 12.4 Å². The molecule has 0 aliphatic rings. The number of nitrogens with two attached hydrogens (primary N) is 3. The number of aromatic amines is 2. The molecule has 12 N–H and O–H groups in total. The molecule has 0 radical (unpaired) electrons. The number of hydrogen-bond acceptors (Lipinski definition) is 7. The average molecular weight is 645 g/mol. The van der Waals surface area contributed by atoms with Crippen LogP contribution in [0.4, 0.5) is 0 Å². The van der Waals surface area contributed by atoms with Gasteiger partial charge in [-0.15, -0.1) is 0 Å². The highest BCUT2D eigenvalue weighted by molar-refractivity contribution is 5.95. The van der Waals surface area contributed by atoms with Gasteiger partial charge in [0.25, 0.3) is 0 Å². The Morgan fingerprint density at radius 1 is 0.830 bits per heavy atom. The third kappa shape index (κ3) is 10.2. The number of fused-ring (bicyclic) bond motifs is 1. The third-order valence-corrected chi connectivity index (χ3v) is 7.55. The van der Waals surface area contributed by atoms with Gasteiger partial charge >= 0.3 is 5.97 Å². The molecule has 0 saturated carbocycles. The molecule has 4 unspecified atom stereocenters. The molecule has 4 atom stereocenters. The number of amides is 3. The maximum atomic E-state index is 13.9. The van der Waals surface area contributed by atoms with Crippen molar-refractivity contribution in [2.45, 2.75) is 56.3 Å². The van der Waals surface area contributed by atoms with E-state index < -0.39 is 47.9 Å². The fraction of sp³-hybridized carbons (Fsp3) is 0.312. The van der Waals surface area contributed by atoms with Crippen LogP contribution in [0, 0.1) is 0 Å². The normalized spacial score (nSPS) is 13.6. The zero-order valence-electron chi connectivity index (χ0n) is 25.7. The second-order valence-electron chi connectivity index (χ2n) is 11.1. The summed E-state index contributed by atoms with van der Waals surface area (Å²) in [6.07, 6.45) is 5.46. The average Bonchev–Trinajstić information content (AvgIpc) is 3.72. The molecule has 15 nitrogen and oxygen atoms in total. The molecule has 4 aromatic rings.